The van der Waals surface area contributed by atoms with Gasteiger partial charge in [-0.05, 0) is 38.2 Å². The number of nitrogens with one attached hydrogen (secondary N) is 3. The van der Waals surface area contributed by atoms with Crippen LogP contribution in [-0.4, -0.2) is 43.7 Å². The summed E-state index contributed by atoms with van der Waals surface area (Å²) in [6.45, 7) is 0. The number of carbonyl (C=O) groups is 1. The zero-order chi connectivity index (χ0) is 22.3. The molecule has 2 fully saturated rings. The molecular formula is C22H23F3N6O. The highest BCUT2D eigenvalue weighted by atomic mass is 19.3. The molecular weight excluding hydrogens is 421 g/mol. The van der Waals surface area contributed by atoms with Gasteiger partial charge in [0, 0.05) is 42.9 Å². The van der Waals surface area contributed by atoms with Crippen molar-refractivity contribution in [1.82, 2.24) is 19.9 Å². The summed E-state index contributed by atoms with van der Waals surface area (Å²) in [5.41, 5.74) is 0.937. The second kappa shape index (κ2) is 8.07. The minimum Gasteiger partial charge on any atom is -0.367 e. The lowest BCUT2D eigenvalue weighted by molar-refractivity contribution is -0.0361. The van der Waals surface area contributed by atoms with Gasteiger partial charge in [0.15, 0.2) is 17.4 Å². The van der Waals surface area contributed by atoms with Crippen molar-refractivity contribution in [1.29, 1.82) is 0 Å². The predicted octanol–water partition coefficient (Wildman–Crippen LogP) is 4.68. The first-order chi connectivity index (χ1) is 15.4. The summed E-state index contributed by atoms with van der Waals surface area (Å²) < 4.78 is 41.4. The molecule has 0 radical (unpaired) electrons. The number of fused-ring (bicyclic) bond motifs is 1. The summed E-state index contributed by atoms with van der Waals surface area (Å²) in [6, 6.07) is 1.16. The minimum atomic E-state index is -2.66. The maximum atomic E-state index is 14.7. The van der Waals surface area contributed by atoms with E-state index in [1.54, 1.807) is 6.20 Å². The Morgan fingerprint density at radius 3 is 2.44 bits per heavy atom. The molecule has 2 aliphatic rings. The van der Waals surface area contributed by atoms with Gasteiger partial charge >= 0.3 is 0 Å². The van der Waals surface area contributed by atoms with Crippen LogP contribution in [0, 0.1) is 5.82 Å². The Balaban J connectivity index is 1.37. The molecule has 7 nitrogen and oxygen atoms in total. The lowest BCUT2D eigenvalue weighted by Crippen LogP contribution is -2.32. The molecule has 0 aromatic carbocycles. The summed E-state index contributed by atoms with van der Waals surface area (Å²) in [5.74, 6) is -3.22. The van der Waals surface area contributed by atoms with Crippen LogP contribution in [0.2, 0.25) is 0 Å². The average molecular weight is 444 g/mol. The van der Waals surface area contributed by atoms with Crippen molar-refractivity contribution in [3.05, 3.63) is 41.7 Å². The second-order valence-electron chi connectivity index (χ2n) is 8.58. The van der Waals surface area contributed by atoms with E-state index in [1.807, 2.05) is 0 Å². The molecule has 0 bridgehead atoms. The van der Waals surface area contributed by atoms with Crippen molar-refractivity contribution >= 4 is 28.5 Å². The average Bonchev–Trinajstić information content (AvgIpc) is 3.18. The number of carbonyl (C=O) groups excluding carboxylic acids is 1. The third kappa shape index (κ3) is 4.01. The standard InChI is InChI=1S/C22H23F3N6O/c23-16-8-12(9-26-19(16)30-14-4-6-22(24,25)7-5-14)18(32)15-10-27-20-17(15)21(29-11-28-20)31-13-2-1-3-13/h8-11,13-14H,1-7H2,(H,26,30)(H2,27,28,29,31). The van der Waals surface area contributed by atoms with E-state index in [4.69, 9.17) is 0 Å². The summed E-state index contributed by atoms with van der Waals surface area (Å²) in [7, 11) is 0. The zero-order valence-electron chi connectivity index (χ0n) is 17.3. The molecule has 3 N–H and O–H groups in total. The zero-order valence-corrected chi connectivity index (χ0v) is 17.3. The Bertz CT molecular complexity index is 1150. The number of rotatable bonds is 6. The largest absolute Gasteiger partial charge is 0.367 e. The Morgan fingerprint density at radius 2 is 1.75 bits per heavy atom. The van der Waals surface area contributed by atoms with Gasteiger partial charge in [-0.15, -0.1) is 0 Å². The fourth-order valence-electron chi connectivity index (χ4n) is 4.20. The molecule has 0 atom stereocenters. The first-order valence-electron chi connectivity index (χ1n) is 10.8. The van der Waals surface area contributed by atoms with Crippen molar-refractivity contribution in [3.8, 4) is 0 Å². The third-order valence-electron chi connectivity index (χ3n) is 6.32. The smallest absolute Gasteiger partial charge is 0.248 e. The fraction of sp³-hybridized carbons (Fsp3) is 0.455. The topological polar surface area (TPSA) is 95.6 Å². The van der Waals surface area contributed by atoms with E-state index < -0.39 is 17.5 Å². The molecule has 3 aromatic heterocycles. The van der Waals surface area contributed by atoms with Crippen molar-refractivity contribution < 1.29 is 18.0 Å². The fourth-order valence-corrected chi connectivity index (χ4v) is 4.20. The SMILES string of the molecule is O=C(c1cnc(NC2CCC(F)(F)CC2)c(F)c1)c1c[nH]c2ncnc(NC3CCC3)c12. The molecule has 0 unspecified atom stereocenters. The predicted molar refractivity (Wildman–Crippen MR) is 114 cm³/mol. The van der Waals surface area contributed by atoms with Crippen LogP contribution in [-0.2, 0) is 0 Å². The van der Waals surface area contributed by atoms with Gasteiger partial charge in [0.25, 0.3) is 0 Å². The van der Waals surface area contributed by atoms with E-state index in [9.17, 15) is 18.0 Å². The quantitative estimate of drug-likeness (QED) is 0.478. The van der Waals surface area contributed by atoms with E-state index in [-0.39, 0.29) is 43.1 Å². The van der Waals surface area contributed by atoms with Crippen LogP contribution >= 0.6 is 0 Å². The third-order valence-corrected chi connectivity index (χ3v) is 6.32. The van der Waals surface area contributed by atoms with Gasteiger partial charge in [0.05, 0.1) is 10.9 Å². The Morgan fingerprint density at radius 1 is 1.03 bits per heavy atom. The number of hydrogen-bond acceptors (Lipinski definition) is 6. The van der Waals surface area contributed by atoms with Crippen molar-refractivity contribution in [2.75, 3.05) is 10.6 Å². The first-order valence-corrected chi connectivity index (χ1v) is 10.8. The molecule has 0 spiro atoms. The normalized spacial score (nSPS) is 19.0. The molecule has 0 amide bonds. The summed E-state index contributed by atoms with van der Waals surface area (Å²) >= 11 is 0. The highest BCUT2D eigenvalue weighted by molar-refractivity contribution is 6.17. The van der Waals surface area contributed by atoms with E-state index >= 15 is 0 Å². The van der Waals surface area contributed by atoms with Crippen LogP contribution in [0.25, 0.3) is 11.0 Å². The number of halogens is 3. The Labute approximate surface area is 182 Å². The summed E-state index contributed by atoms with van der Waals surface area (Å²) in [4.78, 5) is 28.7. The van der Waals surface area contributed by atoms with Crippen LogP contribution in [0.1, 0.15) is 60.9 Å². The number of ketones is 1. The van der Waals surface area contributed by atoms with Crippen LogP contribution < -0.4 is 10.6 Å². The van der Waals surface area contributed by atoms with Crippen molar-refractivity contribution in [2.45, 2.75) is 63.0 Å². The summed E-state index contributed by atoms with van der Waals surface area (Å²) in [5, 5.41) is 6.81. The maximum absolute atomic E-state index is 14.7. The Hall–Kier alpha value is -3.17. The Kier molecular flexibility index (Phi) is 5.22. The van der Waals surface area contributed by atoms with Crippen LogP contribution in [0.4, 0.5) is 24.8 Å². The summed E-state index contributed by atoms with van der Waals surface area (Å²) in [6.07, 6.45) is 7.51. The molecule has 3 heterocycles. The number of pyridine rings is 1. The van der Waals surface area contributed by atoms with Gasteiger partial charge in [0.2, 0.25) is 5.92 Å². The van der Waals surface area contributed by atoms with Crippen LogP contribution in [0.15, 0.2) is 24.8 Å². The van der Waals surface area contributed by atoms with Crippen molar-refractivity contribution in [2.24, 2.45) is 0 Å². The van der Waals surface area contributed by atoms with Gasteiger partial charge in [-0.2, -0.15) is 0 Å². The maximum Gasteiger partial charge on any atom is 0.248 e. The molecule has 32 heavy (non-hydrogen) atoms. The van der Waals surface area contributed by atoms with Gasteiger partial charge in [-0.25, -0.2) is 28.1 Å². The number of anilines is 2. The highest BCUT2D eigenvalue weighted by Gasteiger charge is 2.35. The molecule has 168 valence electrons. The van der Waals surface area contributed by atoms with Crippen LogP contribution in [0.3, 0.4) is 0 Å². The number of aromatic nitrogens is 4. The lowest BCUT2D eigenvalue weighted by Gasteiger charge is -2.29. The molecule has 2 aliphatic carbocycles. The number of hydrogen-bond donors (Lipinski definition) is 3. The lowest BCUT2D eigenvalue weighted by atomic mass is 9.92. The van der Waals surface area contributed by atoms with E-state index in [1.165, 1.54) is 12.5 Å². The molecule has 3 aromatic rings. The van der Waals surface area contributed by atoms with Gasteiger partial charge in [-0.3, -0.25) is 4.79 Å². The highest BCUT2D eigenvalue weighted by Crippen LogP contribution is 2.34. The monoisotopic (exact) mass is 444 g/mol. The van der Waals surface area contributed by atoms with Gasteiger partial charge < -0.3 is 15.6 Å². The molecule has 0 saturated heterocycles. The number of H-pyrrole nitrogens is 1. The van der Waals surface area contributed by atoms with Gasteiger partial charge in [0.1, 0.15) is 17.8 Å². The van der Waals surface area contributed by atoms with E-state index in [2.05, 4.69) is 30.6 Å². The van der Waals surface area contributed by atoms with E-state index in [0.717, 1.165) is 25.3 Å². The second-order valence-corrected chi connectivity index (χ2v) is 8.58. The number of nitrogens with zero attached hydrogens (tertiary/aromatic N) is 3. The number of aromatic amines is 1. The van der Waals surface area contributed by atoms with Crippen LogP contribution in [0.5, 0.6) is 0 Å². The minimum absolute atomic E-state index is 0.0358. The van der Waals surface area contributed by atoms with E-state index in [0.29, 0.717) is 28.5 Å². The first kappa shape index (κ1) is 20.7. The van der Waals surface area contributed by atoms with Gasteiger partial charge in [-0.1, -0.05) is 0 Å². The number of alkyl halides is 2. The molecule has 5 rings (SSSR count). The molecule has 2 saturated carbocycles. The molecule has 0 aliphatic heterocycles. The van der Waals surface area contributed by atoms with Crippen molar-refractivity contribution in [3.63, 3.8) is 0 Å². The molecule has 10 heteroatoms.